The van der Waals surface area contributed by atoms with E-state index >= 15 is 0 Å². The zero-order valence-electron chi connectivity index (χ0n) is 6.87. The zero-order valence-corrected chi connectivity index (χ0v) is 8.45. The predicted octanol–water partition coefficient (Wildman–Crippen LogP) is 2.39. The highest BCUT2D eigenvalue weighted by Gasteiger charge is 2.08. The lowest BCUT2D eigenvalue weighted by molar-refractivity contribution is -0.131. The van der Waals surface area contributed by atoms with Gasteiger partial charge in [-0.2, -0.15) is 0 Å². The van der Waals surface area contributed by atoms with Crippen LogP contribution in [-0.2, 0) is 4.79 Å². The van der Waals surface area contributed by atoms with Crippen molar-refractivity contribution in [3.8, 4) is 5.75 Å². The standard InChI is InChI=1S/C9H6BrFO3/c10-9-5(1-4-8(13)14)6(11)2-3-7(9)12/h1-4,12H,(H,13,14)/b4-1+. The van der Waals surface area contributed by atoms with Gasteiger partial charge in [0.05, 0.1) is 4.47 Å². The van der Waals surface area contributed by atoms with E-state index in [-0.39, 0.29) is 15.8 Å². The van der Waals surface area contributed by atoms with Gasteiger partial charge in [0.2, 0.25) is 0 Å². The van der Waals surface area contributed by atoms with E-state index in [1.54, 1.807) is 0 Å². The van der Waals surface area contributed by atoms with Gasteiger partial charge in [0.15, 0.2) is 0 Å². The summed E-state index contributed by atoms with van der Waals surface area (Å²) in [5.74, 6) is -1.93. The number of aliphatic carboxylic acids is 1. The minimum absolute atomic E-state index is 0.00685. The number of hydrogen-bond donors (Lipinski definition) is 2. The third kappa shape index (κ3) is 2.32. The summed E-state index contributed by atoms with van der Waals surface area (Å²) >= 11 is 2.95. The molecule has 0 unspecified atom stereocenters. The minimum atomic E-state index is -1.18. The Bertz CT molecular complexity index is 401. The fourth-order valence-electron chi connectivity index (χ4n) is 0.865. The Labute approximate surface area is 87.6 Å². The van der Waals surface area contributed by atoms with Crippen molar-refractivity contribution in [3.05, 3.63) is 34.1 Å². The van der Waals surface area contributed by atoms with Crippen molar-refractivity contribution in [2.45, 2.75) is 0 Å². The quantitative estimate of drug-likeness (QED) is 0.803. The summed E-state index contributed by atoms with van der Waals surface area (Å²) in [4.78, 5) is 10.2. The number of hydrogen-bond acceptors (Lipinski definition) is 2. The highest BCUT2D eigenvalue weighted by molar-refractivity contribution is 9.10. The summed E-state index contributed by atoms with van der Waals surface area (Å²) in [5, 5.41) is 17.5. The number of carbonyl (C=O) groups is 1. The molecule has 0 aliphatic heterocycles. The fourth-order valence-corrected chi connectivity index (χ4v) is 1.32. The van der Waals surface area contributed by atoms with Crippen LogP contribution in [0.25, 0.3) is 6.08 Å². The van der Waals surface area contributed by atoms with Crippen LogP contribution in [0.5, 0.6) is 5.75 Å². The van der Waals surface area contributed by atoms with Gasteiger partial charge in [0.25, 0.3) is 0 Å². The van der Waals surface area contributed by atoms with Crippen LogP contribution in [0, 0.1) is 5.82 Å². The zero-order chi connectivity index (χ0) is 10.7. The van der Waals surface area contributed by atoms with Crippen molar-refractivity contribution in [2.24, 2.45) is 0 Å². The lowest BCUT2D eigenvalue weighted by Gasteiger charge is -2.02. The number of rotatable bonds is 2. The minimum Gasteiger partial charge on any atom is -0.507 e. The third-order valence-electron chi connectivity index (χ3n) is 1.50. The van der Waals surface area contributed by atoms with Crippen LogP contribution in [0.2, 0.25) is 0 Å². The van der Waals surface area contributed by atoms with Crippen molar-refractivity contribution in [2.75, 3.05) is 0 Å². The average Bonchev–Trinajstić information content (AvgIpc) is 2.11. The molecule has 0 fully saturated rings. The average molecular weight is 261 g/mol. The van der Waals surface area contributed by atoms with Gasteiger partial charge in [-0.15, -0.1) is 0 Å². The second-order valence-electron chi connectivity index (χ2n) is 2.47. The number of phenols is 1. The monoisotopic (exact) mass is 260 g/mol. The molecule has 0 bridgehead atoms. The molecular weight excluding hydrogens is 255 g/mol. The summed E-state index contributed by atoms with van der Waals surface area (Å²) in [6.45, 7) is 0. The first kappa shape index (κ1) is 10.7. The lowest BCUT2D eigenvalue weighted by Crippen LogP contribution is -1.89. The van der Waals surface area contributed by atoms with Crippen molar-refractivity contribution >= 4 is 28.0 Å². The molecule has 1 aromatic rings. The highest BCUT2D eigenvalue weighted by atomic mass is 79.9. The highest BCUT2D eigenvalue weighted by Crippen LogP contribution is 2.30. The molecule has 0 saturated carbocycles. The third-order valence-corrected chi connectivity index (χ3v) is 2.33. The van der Waals surface area contributed by atoms with Crippen LogP contribution >= 0.6 is 15.9 Å². The Hall–Kier alpha value is -1.36. The van der Waals surface area contributed by atoms with Gasteiger partial charge in [-0.3, -0.25) is 0 Å². The molecule has 3 nitrogen and oxygen atoms in total. The first-order valence-electron chi connectivity index (χ1n) is 3.60. The van der Waals surface area contributed by atoms with Gasteiger partial charge in [-0.1, -0.05) is 0 Å². The lowest BCUT2D eigenvalue weighted by atomic mass is 10.2. The van der Waals surface area contributed by atoms with Gasteiger partial charge in [-0.25, -0.2) is 9.18 Å². The maximum atomic E-state index is 13.1. The number of carboxylic acid groups (broad SMARTS) is 1. The Kier molecular flexibility index (Phi) is 3.24. The summed E-state index contributed by atoms with van der Waals surface area (Å²) in [6.07, 6.45) is 1.87. The fraction of sp³-hybridized carbons (Fsp3) is 0. The first-order chi connectivity index (χ1) is 6.52. The molecule has 0 spiro atoms. The van der Waals surface area contributed by atoms with Crippen LogP contribution in [0.4, 0.5) is 4.39 Å². The number of aromatic hydroxyl groups is 1. The van der Waals surface area contributed by atoms with E-state index in [2.05, 4.69) is 15.9 Å². The van der Waals surface area contributed by atoms with Crippen molar-refractivity contribution < 1.29 is 19.4 Å². The molecule has 0 radical (unpaired) electrons. The van der Waals surface area contributed by atoms with Crippen LogP contribution in [-0.4, -0.2) is 16.2 Å². The smallest absolute Gasteiger partial charge is 0.328 e. The van der Waals surface area contributed by atoms with E-state index in [1.165, 1.54) is 6.07 Å². The number of halogens is 2. The topological polar surface area (TPSA) is 57.5 Å². The van der Waals surface area contributed by atoms with Gasteiger partial charge in [0.1, 0.15) is 11.6 Å². The molecule has 0 heterocycles. The summed E-state index contributed by atoms with van der Waals surface area (Å²) in [7, 11) is 0. The Morgan fingerprint density at radius 1 is 1.50 bits per heavy atom. The van der Waals surface area contributed by atoms with E-state index in [4.69, 9.17) is 5.11 Å². The summed E-state index contributed by atoms with van der Waals surface area (Å²) < 4.78 is 13.2. The Morgan fingerprint density at radius 2 is 2.14 bits per heavy atom. The van der Waals surface area contributed by atoms with E-state index in [0.29, 0.717) is 0 Å². The van der Waals surface area contributed by atoms with Gasteiger partial charge < -0.3 is 10.2 Å². The second-order valence-corrected chi connectivity index (χ2v) is 3.26. The molecule has 0 atom stereocenters. The SMILES string of the molecule is O=C(O)/C=C/c1c(F)ccc(O)c1Br. The van der Waals surface area contributed by atoms with E-state index in [9.17, 15) is 14.3 Å². The van der Waals surface area contributed by atoms with Crippen LogP contribution in [0.1, 0.15) is 5.56 Å². The van der Waals surface area contributed by atoms with Crippen molar-refractivity contribution in [1.29, 1.82) is 0 Å². The normalized spacial score (nSPS) is 10.7. The summed E-state index contributed by atoms with van der Waals surface area (Å²) in [5.41, 5.74) is 0.00685. The van der Waals surface area contributed by atoms with E-state index in [1.807, 2.05) is 0 Å². The molecule has 2 N–H and O–H groups in total. The number of benzene rings is 1. The van der Waals surface area contributed by atoms with Crippen molar-refractivity contribution in [1.82, 2.24) is 0 Å². The Morgan fingerprint density at radius 3 is 2.71 bits per heavy atom. The molecule has 0 amide bonds. The molecule has 1 rings (SSSR count). The molecule has 0 aliphatic carbocycles. The van der Waals surface area contributed by atoms with Gasteiger partial charge >= 0.3 is 5.97 Å². The molecular formula is C9H6BrFO3. The summed E-state index contributed by atoms with van der Waals surface area (Å²) in [6, 6.07) is 2.24. The van der Waals surface area contributed by atoms with Gasteiger partial charge in [-0.05, 0) is 34.1 Å². The van der Waals surface area contributed by atoms with Crippen LogP contribution < -0.4 is 0 Å². The van der Waals surface area contributed by atoms with Crippen molar-refractivity contribution in [3.63, 3.8) is 0 Å². The second kappa shape index (κ2) is 4.23. The molecule has 0 aromatic heterocycles. The van der Waals surface area contributed by atoms with Crippen LogP contribution in [0.3, 0.4) is 0 Å². The predicted molar refractivity (Wildman–Crippen MR) is 52.4 cm³/mol. The molecule has 1 aromatic carbocycles. The molecule has 0 aliphatic rings. The van der Waals surface area contributed by atoms with E-state index < -0.39 is 11.8 Å². The maximum absolute atomic E-state index is 13.1. The maximum Gasteiger partial charge on any atom is 0.328 e. The molecule has 5 heteroatoms. The number of phenolic OH excluding ortho intramolecular Hbond substituents is 1. The van der Waals surface area contributed by atoms with Crippen LogP contribution in [0.15, 0.2) is 22.7 Å². The number of carboxylic acids is 1. The van der Waals surface area contributed by atoms with E-state index in [0.717, 1.165) is 18.2 Å². The van der Waals surface area contributed by atoms with Gasteiger partial charge in [0, 0.05) is 11.6 Å². The Balaban J connectivity index is 3.19. The molecule has 0 saturated heterocycles. The largest absolute Gasteiger partial charge is 0.507 e. The molecule has 14 heavy (non-hydrogen) atoms. The molecule has 74 valence electrons. The first-order valence-corrected chi connectivity index (χ1v) is 4.39.